The van der Waals surface area contributed by atoms with Crippen LogP contribution in [-0.2, 0) is 32.7 Å². The van der Waals surface area contributed by atoms with Crippen molar-refractivity contribution in [2.45, 2.75) is 322 Å². The molecule has 0 amide bonds. The second kappa shape index (κ2) is 56.9. The number of likely N-dealkylation sites (N-methyl/N-ethyl adjacent to an activating group) is 1. The lowest BCUT2D eigenvalue weighted by Gasteiger charge is -2.28. The number of ether oxygens (including phenoxy) is 2. The molecule has 0 fully saturated rings. The van der Waals surface area contributed by atoms with Gasteiger partial charge in [0.2, 0.25) is 0 Å². The van der Waals surface area contributed by atoms with Gasteiger partial charge >= 0.3 is 11.9 Å². The van der Waals surface area contributed by atoms with Crippen LogP contribution in [0.1, 0.15) is 316 Å². The third kappa shape index (κ3) is 61.3. The predicted molar refractivity (Wildman–Crippen MR) is 319 cm³/mol. The summed E-state index contributed by atoms with van der Waals surface area (Å²) in [6.45, 7) is 4.29. The molecule has 0 saturated heterocycles. The fourth-order valence-corrected chi connectivity index (χ4v) is 10.2. The monoisotopic (exact) mass is 1080 g/mol. The summed E-state index contributed by atoms with van der Waals surface area (Å²) in [5.74, 6) is -0.816. The summed E-state index contributed by atoms with van der Waals surface area (Å²) in [5.41, 5.74) is 0. The van der Waals surface area contributed by atoms with E-state index in [1.807, 2.05) is 21.1 Å². The summed E-state index contributed by atoms with van der Waals surface area (Å²) < 4.78 is 34.3. The zero-order valence-electron chi connectivity index (χ0n) is 50.3. The SMILES string of the molecule is CCCCCCC/C=C\C/C=C\C/C=C\CCCCCCCCCCCCCCCCC(=O)OC(COC(=O)CCCCCCCCCCCCCCCCCCCCCCCC)COP(=O)([O-])OCC[N+](C)(C)C. The Balaban J connectivity index is 4.07. The lowest BCUT2D eigenvalue weighted by molar-refractivity contribution is -0.870. The summed E-state index contributed by atoms with van der Waals surface area (Å²) >= 11 is 0. The number of carbonyl (C=O) groups is 2. The van der Waals surface area contributed by atoms with Crippen LogP contribution in [0.2, 0.25) is 0 Å². The van der Waals surface area contributed by atoms with E-state index in [-0.39, 0.29) is 32.0 Å². The Bertz CT molecular complexity index is 1360. The van der Waals surface area contributed by atoms with Gasteiger partial charge in [-0.1, -0.05) is 288 Å². The van der Waals surface area contributed by atoms with Gasteiger partial charge < -0.3 is 27.9 Å². The highest BCUT2D eigenvalue weighted by molar-refractivity contribution is 7.45. The second-order valence-corrected chi connectivity index (χ2v) is 24.5. The fourth-order valence-electron chi connectivity index (χ4n) is 9.43. The summed E-state index contributed by atoms with van der Waals surface area (Å²) in [5, 5.41) is 0. The van der Waals surface area contributed by atoms with Gasteiger partial charge in [-0.3, -0.25) is 14.2 Å². The number of hydrogen-bond donors (Lipinski definition) is 0. The van der Waals surface area contributed by atoms with E-state index < -0.39 is 26.5 Å². The van der Waals surface area contributed by atoms with Gasteiger partial charge in [0.25, 0.3) is 7.82 Å². The van der Waals surface area contributed by atoms with Gasteiger partial charge in [0.15, 0.2) is 6.10 Å². The first-order valence-electron chi connectivity index (χ1n) is 32.2. The van der Waals surface area contributed by atoms with Gasteiger partial charge in [-0.15, -0.1) is 0 Å². The smallest absolute Gasteiger partial charge is 0.306 e. The molecule has 0 aromatic heterocycles. The highest BCUT2D eigenvalue weighted by Gasteiger charge is 2.22. The molecule has 0 heterocycles. The number of phosphoric acid groups is 1. The lowest BCUT2D eigenvalue weighted by atomic mass is 10.0. The van der Waals surface area contributed by atoms with Crippen molar-refractivity contribution in [1.82, 2.24) is 0 Å². The average Bonchev–Trinajstić information content (AvgIpc) is 3.37. The van der Waals surface area contributed by atoms with Crippen molar-refractivity contribution in [2.75, 3.05) is 47.5 Å². The van der Waals surface area contributed by atoms with Crippen LogP contribution in [-0.4, -0.2) is 70.0 Å². The summed E-state index contributed by atoms with van der Waals surface area (Å²) in [4.78, 5) is 38.0. The standard InChI is InChI=1S/C65H124NO8P/c1-6-8-10-12-14-16-18-20-22-24-26-28-30-31-32-33-34-35-36-38-40-42-44-46-48-50-52-54-56-58-65(68)74-63(62-73-75(69,70)72-60-59-66(3,4)5)61-71-64(67)57-55-53-51-49-47-45-43-41-39-37-29-27-25-23-21-19-17-15-13-11-9-7-2/h18,20,24,26,30-31,63H,6-17,19,21-23,25,27-29,32-62H2,1-5H3/b20-18-,26-24-,31-30-. The summed E-state index contributed by atoms with van der Waals surface area (Å²) in [6, 6.07) is 0. The Kier molecular flexibility index (Phi) is 55.6. The van der Waals surface area contributed by atoms with Crippen LogP contribution in [0.25, 0.3) is 0 Å². The molecule has 0 aromatic carbocycles. The summed E-state index contributed by atoms with van der Waals surface area (Å²) in [7, 11) is 1.18. The van der Waals surface area contributed by atoms with Gasteiger partial charge in [-0.05, 0) is 51.4 Å². The molecule has 0 spiro atoms. The Morgan fingerprint density at radius 3 is 1.07 bits per heavy atom. The molecule has 0 N–H and O–H groups in total. The molecule has 9 nitrogen and oxygen atoms in total. The van der Waals surface area contributed by atoms with Crippen molar-refractivity contribution in [3.63, 3.8) is 0 Å². The Hall–Kier alpha value is -1.77. The number of unbranched alkanes of at least 4 members (excludes halogenated alkanes) is 40. The topological polar surface area (TPSA) is 111 Å². The number of phosphoric ester groups is 1. The first-order chi connectivity index (χ1) is 36.5. The van der Waals surface area contributed by atoms with Crippen LogP contribution in [0.3, 0.4) is 0 Å². The van der Waals surface area contributed by atoms with E-state index in [4.69, 9.17) is 18.5 Å². The van der Waals surface area contributed by atoms with E-state index in [0.29, 0.717) is 17.4 Å². The minimum absolute atomic E-state index is 0.0287. The van der Waals surface area contributed by atoms with Crippen LogP contribution >= 0.6 is 7.82 Å². The number of nitrogens with zero attached hydrogens (tertiary/aromatic N) is 1. The number of rotatable bonds is 60. The molecule has 0 bridgehead atoms. The normalized spacial score (nSPS) is 13.4. The maximum absolute atomic E-state index is 12.8. The van der Waals surface area contributed by atoms with Gasteiger partial charge in [-0.25, -0.2) is 0 Å². The lowest BCUT2D eigenvalue weighted by Crippen LogP contribution is -2.37. The molecule has 10 heteroatoms. The first kappa shape index (κ1) is 73.2. The second-order valence-electron chi connectivity index (χ2n) is 23.1. The molecule has 0 aliphatic heterocycles. The maximum atomic E-state index is 12.8. The van der Waals surface area contributed by atoms with Crippen LogP contribution in [0.5, 0.6) is 0 Å². The van der Waals surface area contributed by atoms with Crippen molar-refractivity contribution in [2.24, 2.45) is 0 Å². The van der Waals surface area contributed by atoms with Crippen molar-refractivity contribution in [3.8, 4) is 0 Å². The molecule has 442 valence electrons. The van der Waals surface area contributed by atoms with Gasteiger partial charge in [-0.2, -0.15) is 0 Å². The maximum Gasteiger partial charge on any atom is 0.306 e. The van der Waals surface area contributed by atoms with Crippen LogP contribution in [0, 0.1) is 0 Å². The molecule has 0 saturated carbocycles. The Labute approximate surface area is 465 Å². The molecule has 2 unspecified atom stereocenters. The molecular formula is C65H124NO8P. The van der Waals surface area contributed by atoms with E-state index in [0.717, 1.165) is 51.4 Å². The van der Waals surface area contributed by atoms with Crippen LogP contribution in [0.4, 0.5) is 0 Å². The predicted octanol–water partition coefficient (Wildman–Crippen LogP) is 19.7. The molecule has 0 aliphatic carbocycles. The minimum atomic E-state index is -4.64. The number of hydrogen-bond acceptors (Lipinski definition) is 8. The number of esters is 2. The fraction of sp³-hybridized carbons (Fsp3) is 0.877. The molecule has 0 radical (unpaired) electrons. The molecular weight excluding hydrogens is 954 g/mol. The van der Waals surface area contributed by atoms with Gasteiger partial charge in [0.1, 0.15) is 19.8 Å². The number of carbonyl (C=O) groups excluding carboxylic acids is 2. The molecule has 0 aliphatic rings. The van der Waals surface area contributed by atoms with Crippen LogP contribution in [0.15, 0.2) is 36.5 Å². The van der Waals surface area contributed by atoms with Crippen molar-refractivity contribution in [3.05, 3.63) is 36.5 Å². The zero-order chi connectivity index (χ0) is 54.9. The van der Waals surface area contributed by atoms with Gasteiger partial charge in [0, 0.05) is 12.8 Å². The molecule has 75 heavy (non-hydrogen) atoms. The van der Waals surface area contributed by atoms with E-state index in [2.05, 4.69) is 50.3 Å². The van der Waals surface area contributed by atoms with E-state index >= 15 is 0 Å². The van der Waals surface area contributed by atoms with E-state index in [9.17, 15) is 19.0 Å². The van der Waals surface area contributed by atoms with E-state index in [1.54, 1.807) is 0 Å². The molecule has 0 rings (SSSR count). The number of quaternary nitrogens is 1. The minimum Gasteiger partial charge on any atom is -0.756 e. The number of allylic oxidation sites excluding steroid dienone is 6. The largest absolute Gasteiger partial charge is 0.756 e. The Morgan fingerprint density at radius 2 is 0.720 bits per heavy atom. The van der Waals surface area contributed by atoms with Crippen molar-refractivity contribution in [1.29, 1.82) is 0 Å². The van der Waals surface area contributed by atoms with Crippen molar-refractivity contribution < 1.29 is 42.1 Å². The van der Waals surface area contributed by atoms with Gasteiger partial charge in [0.05, 0.1) is 27.7 Å². The Morgan fingerprint density at radius 1 is 0.413 bits per heavy atom. The quantitative estimate of drug-likeness (QED) is 0.0195. The van der Waals surface area contributed by atoms with Crippen LogP contribution < -0.4 is 4.89 Å². The van der Waals surface area contributed by atoms with Crippen molar-refractivity contribution >= 4 is 19.8 Å². The highest BCUT2D eigenvalue weighted by atomic mass is 31.2. The van der Waals surface area contributed by atoms with E-state index in [1.165, 1.54) is 231 Å². The molecule has 2 atom stereocenters. The first-order valence-corrected chi connectivity index (χ1v) is 33.7. The third-order valence-corrected chi connectivity index (χ3v) is 15.4. The summed E-state index contributed by atoms with van der Waals surface area (Å²) in [6.07, 6.45) is 70.6. The molecule has 0 aromatic rings. The third-order valence-electron chi connectivity index (χ3n) is 14.4. The average molecular weight is 1080 g/mol. The highest BCUT2D eigenvalue weighted by Crippen LogP contribution is 2.38. The zero-order valence-corrected chi connectivity index (χ0v) is 51.2.